The summed E-state index contributed by atoms with van der Waals surface area (Å²) in [6, 6.07) is 0. The van der Waals surface area contributed by atoms with Crippen LogP contribution in [0.4, 0.5) is 0 Å². The van der Waals surface area contributed by atoms with Crippen molar-refractivity contribution >= 4 is 11.9 Å². The van der Waals surface area contributed by atoms with Crippen LogP contribution in [-0.2, 0) is 9.59 Å². The number of rotatable bonds is 4. The molecule has 0 saturated carbocycles. The molecule has 0 aromatic carbocycles. The van der Waals surface area contributed by atoms with Gasteiger partial charge in [-0.25, -0.2) is 9.59 Å². The van der Waals surface area contributed by atoms with E-state index in [1.54, 1.807) is 20.8 Å². The minimum absolute atomic E-state index is 0.00583. The smallest absolute Gasteiger partial charge is 0.332 e. The molecular formula is C12H20O4. The number of aliphatic carboxylic acids is 2. The highest BCUT2D eigenvalue weighted by molar-refractivity contribution is 5.99. The summed E-state index contributed by atoms with van der Waals surface area (Å²) in [4.78, 5) is 22.3. The molecule has 4 heteroatoms. The normalized spacial score (nSPS) is 13.6. The highest BCUT2D eigenvalue weighted by Gasteiger charge is 2.30. The predicted octanol–water partition coefficient (Wildman–Crippen LogP) is 2.54. The van der Waals surface area contributed by atoms with Crippen molar-refractivity contribution in [3.63, 3.8) is 0 Å². The second-order valence-corrected chi connectivity index (χ2v) is 5.31. The van der Waals surface area contributed by atoms with E-state index in [1.165, 1.54) is 0 Å². The zero-order chi connectivity index (χ0) is 13.1. The highest BCUT2D eigenvalue weighted by atomic mass is 16.4. The van der Waals surface area contributed by atoms with E-state index in [4.69, 9.17) is 10.2 Å². The van der Waals surface area contributed by atoms with Crippen molar-refractivity contribution in [1.29, 1.82) is 0 Å². The Kier molecular flexibility index (Phi) is 4.72. The number of carboxylic acid groups (broad SMARTS) is 2. The lowest BCUT2D eigenvalue weighted by molar-refractivity contribution is -0.137. The fourth-order valence-electron chi connectivity index (χ4n) is 1.61. The molecule has 0 saturated heterocycles. The molecule has 0 unspecified atom stereocenters. The van der Waals surface area contributed by atoms with Crippen molar-refractivity contribution in [2.24, 2.45) is 11.3 Å². The van der Waals surface area contributed by atoms with E-state index in [2.05, 4.69) is 0 Å². The maximum absolute atomic E-state index is 11.2. The Morgan fingerprint density at radius 3 is 1.69 bits per heavy atom. The summed E-state index contributed by atoms with van der Waals surface area (Å²) in [6.45, 7) is 8.86. The number of carbonyl (C=O) groups is 2. The van der Waals surface area contributed by atoms with Crippen molar-refractivity contribution in [2.45, 2.75) is 41.0 Å². The van der Waals surface area contributed by atoms with Gasteiger partial charge in [-0.3, -0.25) is 0 Å². The monoisotopic (exact) mass is 228 g/mol. The van der Waals surface area contributed by atoms with Crippen molar-refractivity contribution in [3.05, 3.63) is 11.1 Å². The summed E-state index contributed by atoms with van der Waals surface area (Å²) < 4.78 is 0. The van der Waals surface area contributed by atoms with E-state index in [0.717, 1.165) is 0 Å². The summed E-state index contributed by atoms with van der Waals surface area (Å²) in [5.41, 5.74) is -0.669. The minimum Gasteiger partial charge on any atom is -0.478 e. The molecule has 0 atom stereocenters. The van der Waals surface area contributed by atoms with Crippen LogP contribution in [-0.4, -0.2) is 22.2 Å². The van der Waals surface area contributed by atoms with E-state index >= 15 is 0 Å². The molecule has 16 heavy (non-hydrogen) atoms. The van der Waals surface area contributed by atoms with Crippen LogP contribution in [0.3, 0.4) is 0 Å². The third kappa shape index (κ3) is 4.04. The zero-order valence-electron chi connectivity index (χ0n) is 10.5. The molecule has 0 amide bonds. The largest absolute Gasteiger partial charge is 0.478 e. The zero-order valence-corrected chi connectivity index (χ0v) is 10.5. The molecule has 0 fully saturated rings. The summed E-state index contributed by atoms with van der Waals surface area (Å²) in [6.07, 6.45) is 0.272. The van der Waals surface area contributed by atoms with Gasteiger partial charge in [-0.15, -0.1) is 0 Å². The Bertz CT molecular complexity index is 318. The van der Waals surface area contributed by atoms with E-state index < -0.39 is 17.4 Å². The first-order valence-electron chi connectivity index (χ1n) is 5.27. The first-order chi connectivity index (χ1) is 7.07. The molecule has 0 spiro atoms. The molecule has 0 rings (SSSR count). The average Bonchev–Trinajstić information content (AvgIpc) is 1.97. The van der Waals surface area contributed by atoms with E-state index in [0.29, 0.717) is 0 Å². The average molecular weight is 228 g/mol. The van der Waals surface area contributed by atoms with Crippen molar-refractivity contribution < 1.29 is 19.8 Å². The van der Waals surface area contributed by atoms with Crippen molar-refractivity contribution in [2.75, 3.05) is 0 Å². The second kappa shape index (κ2) is 5.14. The van der Waals surface area contributed by atoms with Gasteiger partial charge in [-0.05, 0) is 17.8 Å². The number of hydrogen-bond acceptors (Lipinski definition) is 2. The molecular weight excluding hydrogens is 208 g/mol. The summed E-state index contributed by atoms with van der Waals surface area (Å²) >= 11 is 0. The fraction of sp³-hybridized carbons (Fsp3) is 0.667. The minimum atomic E-state index is -1.15. The van der Waals surface area contributed by atoms with Crippen LogP contribution in [0.25, 0.3) is 0 Å². The SMILES string of the molecule is CC(C)CC(C(=O)O)=C(C(=O)O)C(C)(C)C. The third-order valence-electron chi connectivity index (χ3n) is 2.14. The molecule has 2 N–H and O–H groups in total. The Balaban J connectivity index is 5.65. The lowest BCUT2D eigenvalue weighted by Crippen LogP contribution is -2.23. The van der Waals surface area contributed by atoms with Gasteiger partial charge in [-0.2, -0.15) is 0 Å². The topological polar surface area (TPSA) is 74.6 Å². The standard InChI is InChI=1S/C12H20O4/c1-7(2)6-8(10(13)14)9(11(15)16)12(3,4)5/h7H,6H2,1-5H3,(H,13,14)(H,15,16). The van der Waals surface area contributed by atoms with Crippen LogP contribution in [0, 0.1) is 11.3 Å². The summed E-state index contributed by atoms with van der Waals surface area (Å²) in [5, 5.41) is 18.2. The van der Waals surface area contributed by atoms with Gasteiger partial charge in [0.15, 0.2) is 0 Å². The van der Waals surface area contributed by atoms with Gasteiger partial charge in [0, 0.05) is 5.57 Å². The summed E-state index contributed by atoms with van der Waals surface area (Å²) in [7, 11) is 0. The van der Waals surface area contributed by atoms with Gasteiger partial charge in [0.25, 0.3) is 0 Å². The molecule has 0 bridgehead atoms. The van der Waals surface area contributed by atoms with Crippen LogP contribution >= 0.6 is 0 Å². The molecule has 0 aromatic rings. The Morgan fingerprint density at radius 1 is 1.06 bits per heavy atom. The maximum atomic E-state index is 11.2. The van der Waals surface area contributed by atoms with E-state index in [-0.39, 0.29) is 23.5 Å². The number of carboxylic acids is 2. The van der Waals surface area contributed by atoms with Gasteiger partial charge in [0.1, 0.15) is 0 Å². The van der Waals surface area contributed by atoms with Crippen LogP contribution in [0.15, 0.2) is 11.1 Å². The molecule has 0 aliphatic rings. The van der Waals surface area contributed by atoms with E-state index in [1.807, 2.05) is 13.8 Å². The molecule has 0 aliphatic carbocycles. The van der Waals surface area contributed by atoms with Crippen LogP contribution in [0.2, 0.25) is 0 Å². The van der Waals surface area contributed by atoms with Crippen LogP contribution in [0.1, 0.15) is 41.0 Å². The Morgan fingerprint density at radius 2 is 1.50 bits per heavy atom. The lowest BCUT2D eigenvalue weighted by Gasteiger charge is -2.22. The van der Waals surface area contributed by atoms with Crippen molar-refractivity contribution in [3.8, 4) is 0 Å². The number of hydrogen-bond donors (Lipinski definition) is 2. The Hall–Kier alpha value is -1.32. The molecule has 0 aromatic heterocycles. The third-order valence-corrected chi connectivity index (χ3v) is 2.14. The first kappa shape index (κ1) is 14.7. The lowest BCUT2D eigenvalue weighted by atomic mass is 9.81. The maximum Gasteiger partial charge on any atom is 0.332 e. The fourth-order valence-corrected chi connectivity index (χ4v) is 1.61. The first-order valence-corrected chi connectivity index (χ1v) is 5.27. The molecule has 4 nitrogen and oxygen atoms in total. The van der Waals surface area contributed by atoms with Crippen molar-refractivity contribution in [1.82, 2.24) is 0 Å². The van der Waals surface area contributed by atoms with E-state index in [9.17, 15) is 9.59 Å². The Labute approximate surface area is 96.0 Å². The quantitative estimate of drug-likeness (QED) is 0.725. The molecule has 92 valence electrons. The molecule has 0 radical (unpaired) electrons. The van der Waals surface area contributed by atoms with Crippen LogP contribution in [0.5, 0.6) is 0 Å². The van der Waals surface area contributed by atoms with Gasteiger partial charge < -0.3 is 10.2 Å². The predicted molar refractivity (Wildman–Crippen MR) is 61.2 cm³/mol. The second-order valence-electron chi connectivity index (χ2n) is 5.31. The van der Waals surface area contributed by atoms with Gasteiger partial charge >= 0.3 is 11.9 Å². The molecule has 0 heterocycles. The molecule has 0 aliphatic heterocycles. The summed E-state index contributed by atoms with van der Waals surface area (Å²) in [5.74, 6) is -2.17. The highest BCUT2D eigenvalue weighted by Crippen LogP contribution is 2.31. The van der Waals surface area contributed by atoms with Gasteiger partial charge in [0.2, 0.25) is 0 Å². The van der Waals surface area contributed by atoms with Gasteiger partial charge in [0.05, 0.1) is 5.57 Å². The van der Waals surface area contributed by atoms with Crippen LogP contribution < -0.4 is 0 Å². The van der Waals surface area contributed by atoms with Gasteiger partial charge in [-0.1, -0.05) is 34.6 Å².